The van der Waals surface area contributed by atoms with Crippen molar-refractivity contribution in [3.05, 3.63) is 0 Å². The molecule has 4 nitrogen and oxygen atoms in total. The molecule has 15 heavy (non-hydrogen) atoms. The molecular weight excluding hydrogens is 212 g/mol. The molecule has 1 amide bonds. The molecule has 1 atom stereocenters. The summed E-state index contributed by atoms with van der Waals surface area (Å²) >= 11 is 4.80. The van der Waals surface area contributed by atoms with Crippen LogP contribution in [-0.4, -0.2) is 30.7 Å². The highest BCUT2D eigenvalue weighted by Crippen LogP contribution is 1.94. The number of carbonyl (C=O) groups excluding carboxylic acids is 1. The number of nitrogens with two attached hydrogens (primary N) is 1. The summed E-state index contributed by atoms with van der Waals surface area (Å²) in [5, 5.41) is 2.78. The van der Waals surface area contributed by atoms with Gasteiger partial charge in [-0.15, -0.1) is 0 Å². The number of hydrogen-bond acceptors (Lipinski definition) is 3. The standard InChI is InChI=1S/C10H20N2O2S/c1-3-14-6-4-5-9(13)12-7-8(2)10(11)15/h8H,3-7H2,1-2H3,(H2,11,15)(H,12,13). The molecule has 3 N–H and O–H groups in total. The molecule has 5 heteroatoms. The van der Waals surface area contributed by atoms with Crippen molar-refractivity contribution in [3.8, 4) is 0 Å². The molecule has 1 unspecified atom stereocenters. The molecule has 0 spiro atoms. The van der Waals surface area contributed by atoms with Crippen LogP contribution in [0.25, 0.3) is 0 Å². The van der Waals surface area contributed by atoms with Crippen LogP contribution >= 0.6 is 12.2 Å². The summed E-state index contributed by atoms with van der Waals surface area (Å²) in [7, 11) is 0. The first-order valence-electron chi connectivity index (χ1n) is 5.21. The van der Waals surface area contributed by atoms with Crippen LogP contribution in [0.3, 0.4) is 0 Å². The number of hydrogen-bond donors (Lipinski definition) is 2. The summed E-state index contributed by atoms with van der Waals surface area (Å²) < 4.78 is 5.13. The predicted octanol–water partition coefficient (Wildman–Crippen LogP) is 0.842. The lowest BCUT2D eigenvalue weighted by atomic mass is 10.2. The molecule has 0 saturated heterocycles. The Morgan fingerprint density at radius 1 is 1.60 bits per heavy atom. The van der Waals surface area contributed by atoms with Crippen LogP contribution in [0.2, 0.25) is 0 Å². The molecule has 0 radical (unpaired) electrons. The third kappa shape index (κ3) is 8.32. The number of thiocarbonyl (C=S) groups is 1. The van der Waals surface area contributed by atoms with Gasteiger partial charge in [0.25, 0.3) is 0 Å². The van der Waals surface area contributed by atoms with Gasteiger partial charge in [0.2, 0.25) is 5.91 Å². The van der Waals surface area contributed by atoms with Crippen LogP contribution in [-0.2, 0) is 9.53 Å². The van der Waals surface area contributed by atoms with Crippen LogP contribution in [0.15, 0.2) is 0 Å². The Kier molecular flexibility index (Phi) is 8.22. The predicted molar refractivity (Wildman–Crippen MR) is 64.7 cm³/mol. The monoisotopic (exact) mass is 232 g/mol. The lowest BCUT2D eigenvalue weighted by Crippen LogP contribution is -2.33. The van der Waals surface area contributed by atoms with E-state index in [2.05, 4.69) is 5.32 Å². The Bertz CT molecular complexity index is 210. The molecule has 0 saturated carbocycles. The molecule has 0 bridgehead atoms. The van der Waals surface area contributed by atoms with Gasteiger partial charge in [0.1, 0.15) is 0 Å². The largest absolute Gasteiger partial charge is 0.393 e. The van der Waals surface area contributed by atoms with E-state index in [0.29, 0.717) is 31.2 Å². The van der Waals surface area contributed by atoms with Gasteiger partial charge in [-0.05, 0) is 13.3 Å². The summed E-state index contributed by atoms with van der Waals surface area (Å²) in [6.45, 7) is 5.67. The van der Waals surface area contributed by atoms with Gasteiger partial charge in [-0.25, -0.2) is 0 Å². The average Bonchev–Trinajstić information content (AvgIpc) is 2.20. The maximum atomic E-state index is 11.3. The summed E-state index contributed by atoms with van der Waals surface area (Å²) in [5.74, 6) is 0.0774. The first-order valence-corrected chi connectivity index (χ1v) is 5.62. The van der Waals surface area contributed by atoms with Gasteiger partial charge in [-0.2, -0.15) is 0 Å². The maximum absolute atomic E-state index is 11.3. The normalized spacial score (nSPS) is 12.1. The Morgan fingerprint density at radius 2 is 2.27 bits per heavy atom. The molecule has 0 heterocycles. The summed E-state index contributed by atoms with van der Waals surface area (Å²) in [6.07, 6.45) is 1.24. The van der Waals surface area contributed by atoms with E-state index in [1.165, 1.54) is 0 Å². The molecular formula is C10H20N2O2S. The summed E-state index contributed by atoms with van der Waals surface area (Å²) in [6, 6.07) is 0. The number of rotatable bonds is 8. The zero-order valence-corrected chi connectivity index (χ0v) is 10.2. The zero-order chi connectivity index (χ0) is 11.7. The van der Waals surface area contributed by atoms with E-state index in [0.717, 1.165) is 6.42 Å². The highest BCUT2D eigenvalue weighted by Gasteiger charge is 2.07. The molecule has 0 fully saturated rings. The molecule has 88 valence electrons. The van der Waals surface area contributed by atoms with Crippen molar-refractivity contribution in [1.82, 2.24) is 5.32 Å². The molecule has 0 rings (SSSR count). The second-order valence-corrected chi connectivity index (χ2v) is 3.88. The Labute approximate surface area is 96.5 Å². The third-order valence-electron chi connectivity index (χ3n) is 1.99. The fourth-order valence-electron chi connectivity index (χ4n) is 0.935. The van der Waals surface area contributed by atoms with Crippen molar-refractivity contribution < 1.29 is 9.53 Å². The molecule has 0 aromatic carbocycles. The molecule has 0 aromatic rings. The van der Waals surface area contributed by atoms with Crippen LogP contribution in [0.1, 0.15) is 26.7 Å². The van der Waals surface area contributed by atoms with E-state index in [4.69, 9.17) is 22.7 Å². The van der Waals surface area contributed by atoms with Gasteiger partial charge in [0.15, 0.2) is 0 Å². The van der Waals surface area contributed by atoms with Crippen molar-refractivity contribution in [2.45, 2.75) is 26.7 Å². The van der Waals surface area contributed by atoms with Crippen LogP contribution < -0.4 is 11.1 Å². The Morgan fingerprint density at radius 3 is 2.80 bits per heavy atom. The smallest absolute Gasteiger partial charge is 0.220 e. The lowest BCUT2D eigenvalue weighted by Gasteiger charge is -2.10. The topological polar surface area (TPSA) is 64.3 Å². The lowest BCUT2D eigenvalue weighted by molar-refractivity contribution is -0.121. The van der Waals surface area contributed by atoms with Gasteiger partial charge in [-0.3, -0.25) is 4.79 Å². The van der Waals surface area contributed by atoms with Gasteiger partial charge >= 0.3 is 0 Å². The van der Waals surface area contributed by atoms with E-state index in [1.54, 1.807) is 0 Å². The Hall–Kier alpha value is -0.680. The van der Waals surface area contributed by atoms with Crippen molar-refractivity contribution in [1.29, 1.82) is 0 Å². The van der Waals surface area contributed by atoms with Gasteiger partial charge in [-0.1, -0.05) is 19.1 Å². The fraction of sp³-hybridized carbons (Fsp3) is 0.800. The van der Waals surface area contributed by atoms with Crippen molar-refractivity contribution >= 4 is 23.1 Å². The molecule has 0 aliphatic carbocycles. The average molecular weight is 232 g/mol. The fourth-order valence-corrected chi connectivity index (χ4v) is 1.02. The minimum Gasteiger partial charge on any atom is -0.393 e. The van der Waals surface area contributed by atoms with E-state index in [-0.39, 0.29) is 11.8 Å². The highest BCUT2D eigenvalue weighted by molar-refractivity contribution is 7.80. The van der Waals surface area contributed by atoms with Gasteiger partial charge in [0, 0.05) is 32.1 Å². The first-order chi connectivity index (χ1) is 7.07. The van der Waals surface area contributed by atoms with Crippen LogP contribution in [0, 0.1) is 5.92 Å². The molecule has 0 aliphatic rings. The number of nitrogens with one attached hydrogen (secondary N) is 1. The SMILES string of the molecule is CCOCCCC(=O)NCC(C)C(N)=S. The highest BCUT2D eigenvalue weighted by atomic mass is 32.1. The van der Waals surface area contributed by atoms with Crippen molar-refractivity contribution in [2.75, 3.05) is 19.8 Å². The number of ether oxygens (including phenoxy) is 1. The van der Waals surface area contributed by atoms with Crippen LogP contribution in [0.5, 0.6) is 0 Å². The quantitative estimate of drug-likeness (QED) is 0.481. The van der Waals surface area contributed by atoms with E-state index in [9.17, 15) is 4.79 Å². The van der Waals surface area contributed by atoms with Crippen LogP contribution in [0.4, 0.5) is 0 Å². The van der Waals surface area contributed by atoms with E-state index < -0.39 is 0 Å². The second kappa shape index (κ2) is 8.61. The zero-order valence-electron chi connectivity index (χ0n) is 9.41. The van der Waals surface area contributed by atoms with Crippen molar-refractivity contribution in [2.24, 2.45) is 11.7 Å². The first kappa shape index (κ1) is 14.3. The number of carbonyl (C=O) groups is 1. The van der Waals surface area contributed by atoms with Gasteiger partial charge in [0.05, 0.1) is 4.99 Å². The minimum absolute atomic E-state index is 0.0257. The Balaban J connectivity index is 3.45. The van der Waals surface area contributed by atoms with E-state index in [1.807, 2.05) is 13.8 Å². The summed E-state index contributed by atoms with van der Waals surface area (Å²) in [4.78, 5) is 11.7. The molecule has 0 aromatic heterocycles. The van der Waals surface area contributed by atoms with Gasteiger partial charge < -0.3 is 15.8 Å². The maximum Gasteiger partial charge on any atom is 0.220 e. The molecule has 0 aliphatic heterocycles. The van der Waals surface area contributed by atoms with E-state index >= 15 is 0 Å². The minimum atomic E-state index is 0.0257. The second-order valence-electron chi connectivity index (χ2n) is 3.41. The third-order valence-corrected chi connectivity index (χ3v) is 2.39. The summed E-state index contributed by atoms with van der Waals surface area (Å²) in [5.41, 5.74) is 5.42. The number of amides is 1. The van der Waals surface area contributed by atoms with Crippen molar-refractivity contribution in [3.63, 3.8) is 0 Å².